The van der Waals surface area contributed by atoms with E-state index in [1.807, 2.05) is 32.0 Å². The van der Waals surface area contributed by atoms with Crippen LogP contribution in [0.2, 0.25) is 0 Å². The molecule has 1 aromatic heterocycles. The van der Waals surface area contributed by atoms with Gasteiger partial charge >= 0.3 is 5.97 Å². The Hall–Kier alpha value is -2.34. The van der Waals surface area contributed by atoms with E-state index in [1.165, 1.54) is 4.90 Å². The summed E-state index contributed by atoms with van der Waals surface area (Å²) in [6.07, 6.45) is 0.644. The molecule has 0 fully saturated rings. The van der Waals surface area contributed by atoms with Crippen LogP contribution in [-0.4, -0.2) is 48.2 Å². The first-order valence-electron chi connectivity index (χ1n) is 8.52. The molecular formula is C19H25NO5. The lowest BCUT2D eigenvalue weighted by Crippen LogP contribution is -2.37. The van der Waals surface area contributed by atoms with Crippen LogP contribution in [0.3, 0.4) is 0 Å². The molecule has 0 saturated heterocycles. The number of carboxylic acids is 1. The molecule has 0 bridgehead atoms. The first-order valence-corrected chi connectivity index (χ1v) is 8.52. The summed E-state index contributed by atoms with van der Waals surface area (Å²) in [4.78, 5) is 25.5. The van der Waals surface area contributed by atoms with Gasteiger partial charge in [-0.25, -0.2) is 0 Å². The van der Waals surface area contributed by atoms with E-state index in [-0.39, 0.29) is 18.2 Å². The number of furan rings is 1. The molecule has 1 N–H and O–H groups in total. The number of carbonyl (C=O) groups excluding carboxylic acids is 1. The standard InChI is InChI=1S/C19H25NO5/c1-4-24-9-5-8-20(12-14(3)19(22)23)18(21)17-11-15-10-13(2)6-7-16(15)25-17/h6-7,10-11,14H,4-5,8-9,12H2,1-3H3,(H,22,23). The van der Waals surface area contributed by atoms with E-state index in [0.29, 0.717) is 31.8 Å². The van der Waals surface area contributed by atoms with Crippen LogP contribution in [0.4, 0.5) is 0 Å². The van der Waals surface area contributed by atoms with Crippen molar-refractivity contribution in [2.45, 2.75) is 27.2 Å². The number of amides is 1. The molecule has 1 amide bonds. The van der Waals surface area contributed by atoms with Crippen molar-refractivity contribution in [1.29, 1.82) is 0 Å². The van der Waals surface area contributed by atoms with Crippen molar-refractivity contribution < 1.29 is 23.8 Å². The Morgan fingerprint density at radius 1 is 1.32 bits per heavy atom. The SMILES string of the molecule is CCOCCCN(CC(C)C(=O)O)C(=O)c1cc2cc(C)ccc2o1. The van der Waals surface area contributed by atoms with Gasteiger partial charge in [0.15, 0.2) is 5.76 Å². The predicted molar refractivity (Wildman–Crippen MR) is 94.8 cm³/mol. The van der Waals surface area contributed by atoms with Gasteiger partial charge in [-0.05, 0) is 38.5 Å². The van der Waals surface area contributed by atoms with E-state index < -0.39 is 11.9 Å². The highest BCUT2D eigenvalue weighted by atomic mass is 16.5. The maximum absolute atomic E-state index is 12.8. The van der Waals surface area contributed by atoms with E-state index in [0.717, 1.165) is 10.9 Å². The maximum atomic E-state index is 12.8. The quantitative estimate of drug-likeness (QED) is 0.704. The summed E-state index contributed by atoms with van der Waals surface area (Å²) in [7, 11) is 0. The van der Waals surface area contributed by atoms with Gasteiger partial charge in [-0.15, -0.1) is 0 Å². The van der Waals surface area contributed by atoms with Gasteiger partial charge in [0.25, 0.3) is 5.91 Å². The molecule has 6 nitrogen and oxygen atoms in total. The smallest absolute Gasteiger partial charge is 0.308 e. The molecule has 136 valence electrons. The Balaban J connectivity index is 2.17. The van der Waals surface area contributed by atoms with Crippen LogP contribution in [0, 0.1) is 12.8 Å². The third-order valence-electron chi connectivity index (χ3n) is 4.01. The number of nitrogens with zero attached hydrogens (tertiary/aromatic N) is 1. The zero-order valence-corrected chi connectivity index (χ0v) is 14.9. The molecule has 0 aliphatic rings. The second-order valence-electron chi connectivity index (χ2n) is 6.19. The topological polar surface area (TPSA) is 80.0 Å². The highest BCUT2D eigenvalue weighted by Gasteiger charge is 2.24. The molecule has 0 saturated carbocycles. The van der Waals surface area contributed by atoms with Crippen molar-refractivity contribution in [3.63, 3.8) is 0 Å². The molecule has 0 radical (unpaired) electrons. The first kappa shape index (κ1) is 19.0. The van der Waals surface area contributed by atoms with E-state index in [9.17, 15) is 9.59 Å². The van der Waals surface area contributed by atoms with Crippen LogP contribution >= 0.6 is 0 Å². The van der Waals surface area contributed by atoms with Gasteiger partial charge < -0.3 is 19.2 Å². The van der Waals surface area contributed by atoms with Crippen molar-refractivity contribution in [1.82, 2.24) is 4.90 Å². The molecule has 0 aliphatic carbocycles. The Bertz CT molecular complexity index is 736. The minimum Gasteiger partial charge on any atom is -0.481 e. The van der Waals surface area contributed by atoms with Crippen molar-refractivity contribution >= 4 is 22.8 Å². The van der Waals surface area contributed by atoms with Crippen LogP contribution in [0.25, 0.3) is 11.0 Å². The molecule has 1 heterocycles. The lowest BCUT2D eigenvalue weighted by molar-refractivity contribution is -0.141. The van der Waals surface area contributed by atoms with Gasteiger partial charge in [0, 0.05) is 31.7 Å². The van der Waals surface area contributed by atoms with Gasteiger partial charge in [0.05, 0.1) is 5.92 Å². The fraction of sp³-hybridized carbons (Fsp3) is 0.474. The summed E-state index contributed by atoms with van der Waals surface area (Å²) in [5.41, 5.74) is 1.73. The summed E-state index contributed by atoms with van der Waals surface area (Å²) in [6, 6.07) is 7.42. The summed E-state index contributed by atoms with van der Waals surface area (Å²) in [5.74, 6) is -1.64. The molecule has 25 heavy (non-hydrogen) atoms. The van der Waals surface area contributed by atoms with Gasteiger partial charge in [0.2, 0.25) is 0 Å². The van der Waals surface area contributed by atoms with E-state index in [2.05, 4.69) is 0 Å². The fourth-order valence-corrected chi connectivity index (χ4v) is 2.61. The largest absolute Gasteiger partial charge is 0.481 e. The van der Waals surface area contributed by atoms with Gasteiger partial charge in [-0.3, -0.25) is 9.59 Å². The molecule has 0 spiro atoms. The fourth-order valence-electron chi connectivity index (χ4n) is 2.61. The van der Waals surface area contributed by atoms with Crippen LogP contribution in [-0.2, 0) is 9.53 Å². The number of ether oxygens (including phenoxy) is 1. The van der Waals surface area contributed by atoms with Crippen molar-refractivity contribution in [3.8, 4) is 0 Å². The predicted octanol–water partition coefficient (Wildman–Crippen LogP) is 3.33. The number of hydrogen-bond donors (Lipinski definition) is 1. The Morgan fingerprint density at radius 3 is 2.76 bits per heavy atom. The number of rotatable bonds is 9. The lowest BCUT2D eigenvalue weighted by atomic mass is 10.1. The third kappa shape index (κ3) is 5.06. The molecule has 2 rings (SSSR count). The van der Waals surface area contributed by atoms with E-state index >= 15 is 0 Å². The molecule has 0 aliphatic heterocycles. The average molecular weight is 347 g/mol. The molecular weight excluding hydrogens is 322 g/mol. The number of benzene rings is 1. The minimum atomic E-state index is -0.928. The van der Waals surface area contributed by atoms with E-state index in [4.69, 9.17) is 14.3 Å². The number of aryl methyl sites for hydroxylation is 1. The Morgan fingerprint density at radius 2 is 2.08 bits per heavy atom. The van der Waals surface area contributed by atoms with Crippen molar-refractivity contribution in [2.24, 2.45) is 5.92 Å². The van der Waals surface area contributed by atoms with Crippen LogP contribution in [0.15, 0.2) is 28.7 Å². The normalized spacial score (nSPS) is 12.3. The second kappa shape index (κ2) is 8.67. The van der Waals surface area contributed by atoms with Gasteiger partial charge in [-0.2, -0.15) is 0 Å². The summed E-state index contributed by atoms with van der Waals surface area (Å²) >= 11 is 0. The number of hydrogen-bond acceptors (Lipinski definition) is 4. The zero-order valence-electron chi connectivity index (χ0n) is 14.9. The number of carboxylic acid groups (broad SMARTS) is 1. The highest BCUT2D eigenvalue weighted by Crippen LogP contribution is 2.22. The molecule has 2 aromatic rings. The average Bonchev–Trinajstić information content (AvgIpc) is 2.99. The molecule has 1 aromatic carbocycles. The molecule has 6 heteroatoms. The summed E-state index contributed by atoms with van der Waals surface area (Å²) < 4.78 is 11.0. The maximum Gasteiger partial charge on any atom is 0.308 e. The van der Waals surface area contributed by atoms with E-state index in [1.54, 1.807) is 13.0 Å². The van der Waals surface area contributed by atoms with Crippen molar-refractivity contribution in [2.75, 3.05) is 26.3 Å². The highest BCUT2D eigenvalue weighted by molar-refractivity contribution is 5.96. The summed E-state index contributed by atoms with van der Waals surface area (Å²) in [5, 5.41) is 10.0. The van der Waals surface area contributed by atoms with Crippen LogP contribution in [0.5, 0.6) is 0 Å². The number of carbonyl (C=O) groups is 2. The molecule has 1 unspecified atom stereocenters. The van der Waals surface area contributed by atoms with Gasteiger partial charge in [0.1, 0.15) is 5.58 Å². The summed E-state index contributed by atoms with van der Waals surface area (Å²) in [6.45, 7) is 7.17. The van der Waals surface area contributed by atoms with Gasteiger partial charge in [-0.1, -0.05) is 18.6 Å². The van der Waals surface area contributed by atoms with Crippen LogP contribution in [0.1, 0.15) is 36.4 Å². The zero-order chi connectivity index (χ0) is 18.4. The first-order chi connectivity index (χ1) is 11.9. The second-order valence-corrected chi connectivity index (χ2v) is 6.19. The van der Waals surface area contributed by atoms with Crippen LogP contribution < -0.4 is 0 Å². The lowest BCUT2D eigenvalue weighted by Gasteiger charge is -2.23. The monoisotopic (exact) mass is 347 g/mol. The molecule has 1 atom stereocenters. The third-order valence-corrected chi connectivity index (χ3v) is 4.01. The van der Waals surface area contributed by atoms with Crippen molar-refractivity contribution in [3.05, 3.63) is 35.6 Å². The minimum absolute atomic E-state index is 0.135. The number of aliphatic carboxylic acids is 1. The number of fused-ring (bicyclic) bond motifs is 1. The Labute approximate surface area is 147 Å². The Kier molecular flexibility index (Phi) is 6.58.